The van der Waals surface area contributed by atoms with Crippen molar-refractivity contribution in [3.8, 4) is 11.8 Å². The van der Waals surface area contributed by atoms with Crippen LogP contribution in [0.3, 0.4) is 0 Å². The van der Waals surface area contributed by atoms with Gasteiger partial charge in [-0.05, 0) is 25.8 Å². The summed E-state index contributed by atoms with van der Waals surface area (Å²) >= 11 is 0. The average molecular weight is 274 g/mol. The van der Waals surface area contributed by atoms with Crippen molar-refractivity contribution in [1.82, 2.24) is 0 Å². The van der Waals surface area contributed by atoms with Crippen molar-refractivity contribution in [1.29, 1.82) is 0 Å². The van der Waals surface area contributed by atoms with Gasteiger partial charge >= 0.3 is 5.97 Å². The molecular formula is C17H22O3. The standard InChI is InChI=1S/C17H22O3/c1-4-5-6-10-13-17(20,16(2,3)15(18)19)14-11-8-7-9-12-14/h7-9,11-12,20H,4-6H2,1-3H3,(H,18,19). The van der Waals surface area contributed by atoms with Gasteiger partial charge in [0.2, 0.25) is 0 Å². The van der Waals surface area contributed by atoms with Crippen LogP contribution in [0.4, 0.5) is 0 Å². The number of hydrogen-bond donors (Lipinski definition) is 2. The van der Waals surface area contributed by atoms with Gasteiger partial charge in [0.15, 0.2) is 5.60 Å². The molecule has 1 atom stereocenters. The Bertz CT molecular complexity index is 508. The second-order valence-electron chi connectivity index (χ2n) is 5.41. The maximum atomic E-state index is 11.5. The molecule has 0 radical (unpaired) electrons. The summed E-state index contributed by atoms with van der Waals surface area (Å²) in [7, 11) is 0. The fourth-order valence-corrected chi connectivity index (χ4v) is 1.88. The third-order valence-electron chi connectivity index (χ3n) is 3.56. The molecule has 0 aromatic heterocycles. The molecule has 0 spiro atoms. The molecule has 108 valence electrons. The molecule has 20 heavy (non-hydrogen) atoms. The smallest absolute Gasteiger partial charge is 0.313 e. The Labute approximate surface area is 120 Å². The summed E-state index contributed by atoms with van der Waals surface area (Å²) in [6.07, 6.45) is 2.60. The number of hydrogen-bond acceptors (Lipinski definition) is 2. The first kappa shape index (κ1) is 16.3. The highest BCUT2D eigenvalue weighted by atomic mass is 16.4. The van der Waals surface area contributed by atoms with Crippen LogP contribution in [0.15, 0.2) is 30.3 Å². The molecule has 0 saturated heterocycles. The summed E-state index contributed by atoms with van der Waals surface area (Å²) in [4.78, 5) is 11.5. The molecule has 3 nitrogen and oxygen atoms in total. The van der Waals surface area contributed by atoms with E-state index < -0.39 is 17.0 Å². The predicted molar refractivity (Wildman–Crippen MR) is 79.1 cm³/mol. The Hall–Kier alpha value is -1.79. The van der Waals surface area contributed by atoms with Crippen LogP contribution in [-0.2, 0) is 10.4 Å². The highest BCUT2D eigenvalue weighted by Gasteiger charge is 2.49. The van der Waals surface area contributed by atoms with Crippen LogP contribution in [0, 0.1) is 17.3 Å². The lowest BCUT2D eigenvalue weighted by Crippen LogP contribution is -2.46. The first-order valence-corrected chi connectivity index (χ1v) is 6.87. The van der Waals surface area contributed by atoms with Crippen LogP contribution < -0.4 is 0 Å². The number of aliphatic carboxylic acids is 1. The van der Waals surface area contributed by atoms with Gasteiger partial charge in [-0.15, -0.1) is 0 Å². The van der Waals surface area contributed by atoms with Crippen molar-refractivity contribution in [2.75, 3.05) is 0 Å². The van der Waals surface area contributed by atoms with E-state index in [1.807, 2.05) is 6.07 Å². The zero-order chi connectivity index (χ0) is 15.2. The maximum absolute atomic E-state index is 11.5. The van der Waals surface area contributed by atoms with E-state index in [1.54, 1.807) is 24.3 Å². The lowest BCUT2D eigenvalue weighted by Gasteiger charge is -2.35. The third-order valence-corrected chi connectivity index (χ3v) is 3.56. The Kier molecular flexibility index (Phi) is 5.35. The van der Waals surface area contributed by atoms with E-state index in [4.69, 9.17) is 0 Å². The van der Waals surface area contributed by atoms with Gasteiger partial charge in [0.25, 0.3) is 0 Å². The third kappa shape index (κ3) is 3.20. The van der Waals surface area contributed by atoms with Gasteiger partial charge in [0.1, 0.15) is 5.41 Å². The number of unbranched alkanes of at least 4 members (excludes halogenated alkanes) is 2. The molecule has 1 aromatic rings. The van der Waals surface area contributed by atoms with E-state index in [1.165, 1.54) is 13.8 Å². The van der Waals surface area contributed by atoms with E-state index in [0.717, 1.165) is 12.8 Å². The summed E-state index contributed by atoms with van der Waals surface area (Å²) in [5.41, 5.74) is -2.59. The van der Waals surface area contributed by atoms with Crippen molar-refractivity contribution in [2.24, 2.45) is 5.41 Å². The van der Waals surface area contributed by atoms with E-state index in [-0.39, 0.29) is 0 Å². The van der Waals surface area contributed by atoms with E-state index in [9.17, 15) is 15.0 Å². The molecule has 1 unspecified atom stereocenters. The Morgan fingerprint density at radius 3 is 2.35 bits per heavy atom. The van der Waals surface area contributed by atoms with Gasteiger partial charge in [-0.2, -0.15) is 0 Å². The second kappa shape index (κ2) is 6.58. The largest absolute Gasteiger partial charge is 0.481 e. The van der Waals surface area contributed by atoms with Crippen LogP contribution in [0.2, 0.25) is 0 Å². The number of carbonyl (C=O) groups is 1. The molecule has 1 rings (SSSR count). The molecule has 0 fully saturated rings. The van der Waals surface area contributed by atoms with Crippen molar-refractivity contribution in [2.45, 2.75) is 45.6 Å². The first-order valence-electron chi connectivity index (χ1n) is 6.87. The van der Waals surface area contributed by atoms with Crippen molar-refractivity contribution < 1.29 is 15.0 Å². The van der Waals surface area contributed by atoms with Crippen LogP contribution in [0.25, 0.3) is 0 Å². The average Bonchev–Trinajstić information content (AvgIpc) is 2.44. The molecular weight excluding hydrogens is 252 g/mol. The molecule has 0 aliphatic heterocycles. The zero-order valence-corrected chi connectivity index (χ0v) is 12.3. The fraction of sp³-hybridized carbons (Fsp3) is 0.471. The van der Waals surface area contributed by atoms with Crippen LogP contribution >= 0.6 is 0 Å². The summed E-state index contributed by atoms with van der Waals surface area (Å²) in [6.45, 7) is 5.06. The monoisotopic (exact) mass is 274 g/mol. The Balaban J connectivity index is 3.26. The fourth-order valence-electron chi connectivity index (χ4n) is 1.88. The highest BCUT2D eigenvalue weighted by molar-refractivity contribution is 5.77. The van der Waals surface area contributed by atoms with Crippen molar-refractivity contribution in [3.05, 3.63) is 35.9 Å². The maximum Gasteiger partial charge on any atom is 0.313 e. The molecule has 1 aromatic carbocycles. The van der Waals surface area contributed by atoms with E-state index in [2.05, 4.69) is 18.8 Å². The van der Waals surface area contributed by atoms with E-state index >= 15 is 0 Å². The zero-order valence-electron chi connectivity index (χ0n) is 12.3. The minimum atomic E-state index is -1.70. The Morgan fingerprint density at radius 1 is 1.25 bits per heavy atom. The molecule has 2 N–H and O–H groups in total. The van der Waals surface area contributed by atoms with Crippen molar-refractivity contribution >= 4 is 5.97 Å². The van der Waals surface area contributed by atoms with Crippen molar-refractivity contribution in [3.63, 3.8) is 0 Å². The minimum absolute atomic E-state index is 0.511. The molecule has 3 heteroatoms. The number of aliphatic hydroxyl groups is 1. The molecule has 0 amide bonds. The second-order valence-corrected chi connectivity index (χ2v) is 5.41. The summed E-state index contributed by atoms with van der Waals surface area (Å²) in [6, 6.07) is 8.78. The molecule has 0 saturated carbocycles. The van der Waals surface area contributed by atoms with Crippen LogP contribution in [0.1, 0.15) is 45.6 Å². The first-order chi connectivity index (χ1) is 9.36. The number of carboxylic acids is 1. The number of rotatable bonds is 5. The molecule has 0 aliphatic rings. The van der Waals surface area contributed by atoms with Gasteiger partial charge in [0.05, 0.1) is 0 Å². The van der Waals surface area contributed by atoms with Gasteiger partial charge < -0.3 is 10.2 Å². The van der Waals surface area contributed by atoms with E-state index in [0.29, 0.717) is 12.0 Å². The van der Waals surface area contributed by atoms with Gasteiger partial charge in [-0.3, -0.25) is 4.79 Å². The van der Waals surface area contributed by atoms with Gasteiger partial charge in [-0.25, -0.2) is 0 Å². The predicted octanol–water partition coefficient (Wildman–Crippen LogP) is 3.18. The summed E-state index contributed by atoms with van der Waals surface area (Å²) < 4.78 is 0. The van der Waals surface area contributed by atoms with Gasteiger partial charge in [-0.1, -0.05) is 55.5 Å². The molecule has 0 heterocycles. The SMILES string of the molecule is CCCCC#CC(O)(c1ccccc1)C(C)(C)C(=O)O. The van der Waals surface area contributed by atoms with Crippen LogP contribution in [0.5, 0.6) is 0 Å². The normalized spacial score (nSPS) is 14.0. The van der Waals surface area contributed by atoms with Crippen LogP contribution in [-0.4, -0.2) is 16.2 Å². The number of carboxylic acid groups (broad SMARTS) is 1. The topological polar surface area (TPSA) is 57.5 Å². The minimum Gasteiger partial charge on any atom is -0.481 e. The molecule has 0 aliphatic carbocycles. The highest BCUT2D eigenvalue weighted by Crippen LogP contribution is 2.39. The van der Waals surface area contributed by atoms with Gasteiger partial charge in [0, 0.05) is 6.42 Å². The molecule has 0 bridgehead atoms. The lowest BCUT2D eigenvalue weighted by atomic mass is 9.71. The summed E-state index contributed by atoms with van der Waals surface area (Å²) in [5, 5.41) is 20.3. The number of benzene rings is 1. The quantitative estimate of drug-likeness (QED) is 0.640. The summed E-state index contributed by atoms with van der Waals surface area (Å²) in [5.74, 6) is 4.64. The lowest BCUT2D eigenvalue weighted by molar-refractivity contribution is -0.159. The Morgan fingerprint density at radius 2 is 1.85 bits per heavy atom.